The largest absolute Gasteiger partial charge is 0.455 e. The average Bonchev–Trinajstić information content (AvgIpc) is 3.68. The van der Waals surface area contributed by atoms with Crippen molar-refractivity contribution in [2.75, 3.05) is 0 Å². The zero-order chi connectivity index (χ0) is 42.1. The molecule has 7 aromatic carbocycles. The lowest BCUT2D eigenvalue weighted by Gasteiger charge is -2.23. The van der Waals surface area contributed by atoms with Gasteiger partial charge in [-0.1, -0.05) is 153 Å². The Kier molecular flexibility index (Phi) is 10.1. The van der Waals surface area contributed by atoms with Gasteiger partial charge in [-0.15, -0.1) is 16.4 Å². The van der Waals surface area contributed by atoms with Crippen molar-refractivity contribution in [2.24, 2.45) is 0 Å². The molecule has 0 atom stereocenters. The Hall–Kier alpha value is -5.94. The van der Waals surface area contributed by atoms with Gasteiger partial charge >= 0.3 is 0 Å². The molecule has 15 heteroatoms. The van der Waals surface area contributed by atoms with E-state index in [0.29, 0.717) is 17.5 Å². The van der Waals surface area contributed by atoms with Crippen LogP contribution in [0.2, 0.25) is 0 Å². The summed E-state index contributed by atoms with van der Waals surface area (Å²) in [5.74, 6) is 1.84. The van der Waals surface area contributed by atoms with E-state index in [-0.39, 0.29) is 0 Å². The normalized spacial score (nSPS) is 11.4. The highest BCUT2D eigenvalue weighted by atomic mass is 16.3. The summed E-state index contributed by atoms with van der Waals surface area (Å²) < 4.78 is 7.37. The minimum atomic E-state index is 0.603. The Morgan fingerprint density at radius 1 is 0.267 bits per heavy atom. The Balaban J connectivity index is 1.26. The van der Waals surface area contributed by atoms with Crippen LogP contribution < -0.4 is 60.1 Å². The topological polar surface area (TPSA) is 51.8 Å². The molecule has 0 aliphatic heterocycles. The SMILES string of the molecule is Bc1c(B)c(B)c(-c2c(B)c(B)c(B)c3c2oc2c(-c4nc(-c5ccccc5)nc(-c5ccc(-c6ccc(-c7ccccc7)cc6)cc5)n4)c(B)c(B)c(B)c23)c(B)c1B. The van der Waals surface area contributed by atoms with E-state index in [1.807, 2.05) is 24.3 Å². The maximum Gasteiger partial charge on any atom is 0.167 e. The zero-order valence-corrected chi connectivity index (χ0v) is 36.6. The fraction of sp³-hybridized carbons (Fsp3) is 0. The summed E-state index contributed by atoms with van der Waals surface area (Å²) in [4.78, 5) is 15.7. The van der Waals surface area contributed by atoms with E-state index < -0.39 is 0 Å². The van der Waals surface area contributed by atoms with Crippen LogP contribution in [0.15, 0.2) is 114 Å². The van der Waals surface area contributed by atoms with E-state index in [9.17, 15) is 0 Å². The van der Waals surface area contributed by atoms with Gasteiger partial charge in [0.05, 0.1) is 5.56 Å². The number of nitrogens with zero attached hydrogens (tertiary/aromatic N) is 3. The van der Waals surface area contributed by atoms with Gasteiger partial charge in [-0.3, -0.25) is 0 Å². The molecule has 0 saturated heterocycles. The van der Waals surface area contributed by atoms with Crippen LogP contribution in [0.5, 0.6) is 0 Å². The first-order valence-corrected chi connectivity index (χ1v) is 21.0. The van der Waals surface area contributed by atoms with Gasteiger partial charge in [-0.25, -0.2) is 15.0 Å². The molecular weight excluding hydrogens is 717 g/mol. The minimum absolute atomic E-state index is 0.603. The molecule has 0 spiro atoms. The Bertz CT molecular complexity index is 3170. The first-order valence-electron chi connectivity index (χ1n) is 21.0. The third kappa shape index (κ3) is 6.36. The number of furan rings is 1. The quantitative estimate of drug-likeness (QED) is 0.159. The van der Waals surface area contributed by atoms with Crippen LogP contribution in [0.25, 0.3) is 89.5 Å². The summed E-state index contributed by atoms with van der Waals surface area (Å²) in [5, 5.41) is 2.30. The summed E-state index contributed by atoms with van der Waals surface area (Å²) in [6.07, 6.45) is 0. The van der Waals surface area contributed by atoms with Gasteiger partial charge in [0, 0.05) is 27.5 Å². The van der Waals surface area contributed by atoms with Gasteiger partial charge in [-0.05, 0) is 27.8 Å². The molecule has 0 amide bonds. The molecule has 0 saturated carbocycles. The average molecular weight is 758 g/mol. The second kappa shape index (κ2) is 15.3. The van der Waals surface area contributed by atoms with E-state index >= 15 is 0 Å². The van der Waals surface area contributed by atoms with Crippen molar-refractivity contribution in [1.29, 1.82) is 0 Å². The summed E-state index contributed by atoms with van der Waals surface area (Å²) >= 11 is 0. The molecule has 9 rings (SSSR count). The molecule has 0 aliphatic rings. The summed E-state index contributed by atoms with van der Waals surface area (Å²) in [5.41, 5.74) is 25.6. The lowest BCUT2D eigenvalue weighted by atomic mass is 9.58. The van der Waals surface area contributed by atoms with Crippen LogP contribution in [0, 0.1) is 0 Å². The molecule has 0 radical (unpaired) electrons. The number of benzene rings is 7. The van der Waals surface area contributed by atoms with Gasteiger partial charge in [0.2, 0.25) is 0 Å². The molecule has 274 valence electrons. The molecular formula is C45H40B11N3O. The van der Waals surface area contributed by atoms with Crippen molar-refractivity contribution >= 4 is 168 Å². The van der Waals surface area contributed by atoms with Gasteiger partial charge in [0.1, 0.15) is 97.5 Å². The second-order valence-corrected chi connectivity index (χ2v) is 16.7. The predicted molar refractivity (Wildman–Crippen MR) is 290 cm³/mol. The molecule has 0 fully saturated rings. The van der Waals surface area contributed by atoms with Crippen molar-refractivity contribution < 1.29 is 4.42 Å². The maximum absolute atomic E-state index is 7.37. The van der Waals surface area contributed by atoms with Crippen molar-refractivity contribution in [3.05, 3.63) is 109 Å². The smallest absolute Gasteiger partial charge is 0.167 e. The summed E-state index contributed by atoms with van der Waals surface area (Å²) in [7, 11) is 24.7. The molecule has 0 aliphatic carbocycles. The first-order chi connectivity index (χ1) is 28.8. The van der Waals surface area contributed by atoms with Gasteiger partial charge in [0.25, 0.3) is 0 Å². The van der Waals surface area contributed by atoms with Crippen molar-refractivity contribution in [1.82, 2.24) is 15.0 Å². The predicted octanol–water partition coefficient (Wildman–Crippen LogP) is -7.38. The maximum atomic E-state index is 7.37. The number of aromatic nitrogens is 3. The molecule has 4 nitrogen and oxygen atoms in total. The van der Waals surface area contributed by atoms with Crippen LogP contribution in [0.4, 0.5) is 0 Å². The molecule has 9 aromatic rings. The van der Waals surface area contributed by atoms with E-state index in [4.69, 9.17) is 19.4 Å². The van der Waals surface area contributed by atoms with Crippen LogP contribution in [-0.4, -0.2) is 101 Å². The highest BCUT2D eigenvalue weighted by molar-refractivity contribution is 6.71. The van der Waals surface area contributed by atoms with Crippen molar-refractivity contribution in [3.8, 4) is 67.5 Å². The number of hydrogen-bond acceptors (Lipinski definition) is 4. The monoisotopic (exact) mass is 759 g/mol. The van der Waals surface area contributed by atoms with Gasteiger partial charge in [-0.2, -0.15) is 0 Å². The van der Waals surface area contributed by atoms with E-state index in [0.717, 1.165) is 49.8 Å². The van der Waals surface area contributed by atoms with Crippen LogP contribution >= 0.6 is 0 Å². The molecule has 0 unspecified atom stereocenters. The fourth-order valence-corrected chi connectivity index (χ4v) is 9.23. The Morgan fingerprint density at radius 2 is 0.567 bits per heavy atom. The summed E-state index contributed by atoms with van der Waals surface area (Å²) in [6.45, 7) is 0. The van der Waals surface area contributed by atoms with Crippen LogP contribution in [-0.2, 0) is 0 Å². The lowest BCUT2D eigenvalue weighted by Crippen LogP contribution is -2.56. The molecule has 60 heavy (non-hydrogen) atoms. The second-order valence-electron chi connectivity index (χ2n) is 16.7. The zero-order valence-electron chi connectivity index (χ0n) is 36.6. The molecule has 2 heterocycles. The first kappa shape index (κ1) is 39.5. The van der Waals surface area contributed by atoms with E-state index in [2.05, 4.69) is 171 Å². The number of fused-ring (bicyclic) bond motifs is 3. The molecule has 0 bridgehead atoms. The van der Waals surface area contributed by atoms with E-state index in [1.54, 1.807) is 0 Å². The van der Waals surface area contributed by atoms with Gasteiger partial charge < -0.3 is 4.42 Å². The highest BCUT2D eigenvalue weighted by Gasteiger charge is 2.28. The lowest BCUT2D eigenvalue weighted by molar-refractivity contribution is 0.671. The Labute approximate surface area is 362 Å². The third-order valence-corrected chi connectivity index (χ3v) is 13.7. The summed E-state index contributed by atoms with van der Waals surface area (Å²) in [6, 6.07) is 38.0. The standard InChI is InChI=1S/C45H40B11N3O/c46-30-25(31(47)39(55)40(56)38(30)54)26-32(48)36(52)33(49)27-28-34(50)37(53)35(51)29(42(28)60-41(26)27)45-58-43(23-9-5-2-6-10-23)57-44(59-45)24-17-15-22(16-18-24)21-13-11-20(12-14-21)19-7-3-1-4-8-19/h1-18H,46-56H2. The molecule has 2 aromatic heterocycles. The number of rotatable bonds is 6. The highest BCUT2D eigenvalue weighted by Crippen LogP contribution is 2.36. The van der Waals surface area contributed by atoms with Crippen molar-refractivity contribution in [3.63, 3.8) is 0 Å². The molecule has 0 N–H and O–H groups in total. The van der Waals surface area contributed by atoms with Crippen LogP contribution in [0.3, 0.4) is 0 Å². The van der Waals surface area contributed by atoms with Crippen molar-refractivity contribution in [2.45, 2.75) is 0 Å². The fourth-order valence-electron chi connectivity index (χ4n) is 9.23. The number of hydrogen-bond donors (Lipinski definition) is 0. The minimum Gasteiger partial charge on any atom is -0.455 e. The van der Waals surface area contributed by atoms with Gasteiger partial charge in [0.15, 0.2) is 17.5 Å². The van der Waals surface area contributed by atoms with E-state index in [1.165, 1.54) is 82.3 Å². The Morgan fingerprint density at radius 3 is 1.03 bits per heavy atom. The van der Waals surface area contributed by atoms with Crippen LogP contribution in [0.1, 0.15) is 0 Å². The third-order valence-electron chi connectivity index (χ3n) is 13.7.